The normalized spacial score (nSPS) is 15.1. The SMILES string of the molecule is CN(C(=O)/C=C/C[N+](C)(C)C1CCOC1)c1cccc(-n2c(=O)n(-c3ccc(Oc4cccc(F)c4)cc3)c3c(N)ncnc32)c1. The summed E-state index contributed by atoms with van der Waals surface area (Å²) >= 11 is 0. The third kappa shape index (κ3) is 6.12. The number of hydrogen-bond acceptors (Lipinski definition) is 7. The van der Waals surface area contributed by atoms with E-state index in [0.29, 0.717) is 52.3 Å². The minimum atomic E-state index is -0.428. The van der Waals surface area contributed by atoms with Crippen LogP contribution in [0.15, 0.2) is 96.1 Å². The van der Waals surface area contributed by atoms with Gasteiger partial charge in [-0.15, -0.1) is 0 Å². The molecule has 12 heteroatoms. The Kier molecular flexibility index (Phi) is 8.39. The van der Waals surface area contributed by atoms with Gasteiger partial charge in [-0.25, -0.2) is 23.7 Å². The number of halogens is 1. The predicted molar refractivity (Wildman–Crippen MR) is 174 cm³/mol. The van der Waals surface area contributed by atoms with E-state index in [4.69, 9.17) is 15.2 Å². The Morgan fingerprint density at radius 1 is 1.07 bits per heavy atom. The van der Waals surface area contributed by atoms with E-state index in [1.807, 2.05) is 6.08 Å². The smallest absolute Gasteiger partial charge is 0.339 e. The average molecular weight is 625 g/mol. The molecule has 1 aliphatic rings. The Hall–Kier alpha value is -5.33. The number of nitrogens with zero attached hydrogens (tertiary/aromatic N) is 6. The summed E-state index contributed by atoms with van der Waals surface area (Å²) in [5.74, 6) is 0.329. The van der Waals surface area contributed by atoms with Crippen LogP contribution in [0.5, 0.6) is 11.5 Å². The standard InChI is InChI=1S/C34H35FN7O4/c1-39(30(43)11-6-17-42(2,3)27-16-18-45-21-27)25-8-5-9-26(20-25)41-33-31(32(36)37-22-38-33)40(34(41)44)24-12-14-28(15-13-24)46-29-10-4-7-23(35)19-29/h4-15,19-20,22,27H,16-18,21H2,1-3H3,(H2,36,37,38)/q+1/b11-6+. The zero-order valence-electron chi connectivity index (χ0n) is 25.8. The van der Waals surface area contributed by atoms with Crippen molar-refractivity contribution in [2.24, 2.45) is 0 Å². The molecule has 1 fully saturated rings. The lowest BCUT2D eigenvalue weighted by molar-refractivity contribution is -0.907. The van der Waals surface area contributed by atoms with Gasteiger partial charge < -0.3 is 24.6 Å². The number of amides is 1. The van der Waals surface area contributed by atoms with Crippen molar-refractivity contribution < 1.29 is 23.1 Å². The molecule has 5 aromatic rings. The van der Waals surface area contributed by atoms with Crippen LogP contribution in [-0.2, 0) is 9.53 Å². The van der Waals surface area contributed by atoms with Gasteiger partial charge in [0.15, 0.2) is 11.5 Å². The Balaban J connectivity index is 1.29. The average Bonchev–Trinajstić information content (AvgIpc) is 3.69. The number of rotatable bonds is 9. The molecule has 1 amide bonds. The molecular formula is C34H35FN7O4+. The van der Waals surface area contributed by atoms with Crippen LogP contribution in [0.1, 0.15) is 6.42 Å². The summed E-state index contributed by atoms with van der Waals surface area (Å²) in [6.45, 7) is 2.19. The number of fused-ring (bicyclic) bond motifs is 1. The first kappa shape index (κ1) is 30.7. The number of carbonyl (C=O) groups is 1. The van der Waals surface area contributed by atoms with Crippen LogP contribution in [0.3, 0.4) is 0 Å². The van der Waals surface area contributed by atoms with Gasteiger partial charge in [-0.1, -0.05) is 12.1 Å². The Morgan fingerprint density at radius 3 is 2.59 bits per heavy atom. The number of anilines is 2. The number of aromatic nitrogens is 4. The van der Waals surface area contributed by atoms with Crippen LogP contribution in [0.2, 0.25) is 0 Å². The van der Waals surface area contributed by atoms with Crippen LogP contribution in [0.25, 0.3) is 22.5 Å². The first-order valence-electron chi connectivity index (χ1n) is 14.9. The summed E-state index contributed by atoms with van der Waals surface area (Å²) in [6.07, 6.45) is 5.78. The molecule has 0 radical (unpaired) electrons. The van der Waals surface area contributed by atoms with Crippen LogP contribution in [0.4, 0.5) is 15.9 Å². The monoisotopic (exact) mass is 624 g/mol. The molecule has 0 spiro atoms. The Labute approximate surface area is 265 Å². The number of imidazole rings is 1. The van der Waals surface area contributed by atoms with Crippen LogP contribution in [0, 0.1) is 5.82 Å². The zero-order chi connectivity index (χ0) is 32.4. The topological polar surface area (TPSA) is 118 Å². The molecule has 2 aromatic heterocycles. The number of hydrogen-bond donors (Lipinski definition) is 1. The highest BCUT2D eigenvalue weighted by atomic mass is 19.1. The third-order valence-corrected chi connectivity index (χ3v) is 8.31. The van der Waals surface area contributed by atoms with Crippen molar-refractivity contribution in [2.75, 3.05) is 51.5 Å². The van der Waals surface area contributed by atoms with Crippen molar-refractivity contribution in [1.82, 2.24) is 19.1 Å². The van der Waals surface area contributed by atoms with Crippen molar-refractivity contribution in [3.63, 3.8) is 0 Å². The lowest BCUT2D eigenvalue weighted by atomic mass is 10.2. The summed E-state index contributed by atoms with van der Waals surface area (Å²) in [7, 11) is 5.97. The molecule has 11 nitrogen and oxygen atoms in total. The van der Waals surface area contributed by atoms with Gasteiger partial charge >= 0.3 is 5.69 Å². The quantitative estimate of drug-likeness (QED) is 0.190. The highest BCUT2D eigenvalue weighted by molar-refractivity contribution is 6.01. The van der Waals surface area contributed by atoms with E-state index in [2.05, 4.69) is 24.1 Å². The summed E-state index contributed by atoms with van der Waals surface area (Å²) in [5.41, 5.74) is 8.09. The van der Waals surface area contributed by atoms with Crippen molar-refractivity contribution in [1.29, 1.82) is 0 Å². The number of benzene rings is 3. The maximum atomic E-state index is 14.0. The van der Waals surface area contributed by atoms with E-state index in [9.17, 15) is 14.0 Å². The summed E-state index contributed by atoms with van der Waals surface area (Å²) < 4.78 is 28.5. The van der Waals surface area contributed by atoms with Gasteiger partial charge in [-0.3, -0.25) is 9.36 Å². The number of nitrogen functional groups attached to an aromatic ring is 1. The molecule has 2 N–H and O–H groups in total. The molecular weight excluding hydrogens is 589 g/mol. The van der Waals surface area contributed by atoms with Crippen molar-refractivity contribution in [2.45, 2.75) is 12.5 Å². The molecule has 6 rings (SSSR count). The van der Waals surface area contributed by atoms with Gasteiger partial charge in [0.25, 0.3) is 5.91 Å². The maximum Gasteiger partial charge on any atom is 0.339 e. The van der Waals surface area contributed by atoms with E-state index in [1.54, 1.807) is 73.8 Å². The van der Waals surface area contributed by atoms with E-state index >= 15 is 0 Å². The maximum absolute atomic E-state index is 14.0. The lowest BCUT2D eigenvalue weighted by Gasteiger charge is -2.34. The zero-order valence-corrected chi connectivity index (χ0v) is 25.8. The van der Waals surface area contributed by atoms with Crippen LogP contribution >= 0.6 is 0 Å². The molecule has 236 valence electrons. The molecule has 0 saturated carbocycles. The summed E-state index contributed by atoms with van der Waals surface area (Å²) in [5, 5.41) is 0. The van der Waals surface area contributed by atoms with Gasteiger partial charge in [0.2, 0.25) is 0 Å². The lowest BCUT2D eigenvalue weighted by Crippen LogP contribution is -2.49. The van der Waals surface area contributed by atoms with Crippen molar-refractivity contribution in [3.05, 3.63) is 108 Å². The number of nitrogens with two attached hydrogens (primary N) is 1. The molecule has 0 bridgehead atoms. The van der Waals surface area contributed by atoms with Gasteiger partial charge in [0.1, 0.15) is 35.2 Å². The third-order valence-electron chi connectivity index (χ3n) is 8.31. The van der Waals surface area contributed by atoms with Gasteiger partial charge in [0.05, 0.1) is 45.2 Å². The van der Waals surface area contributed by atoms with Gasteiger partial charge in [-0.05, 0) is 60.7 Å². The fraction of sp³-hybridized carbons (Fsp3) is 0.235. The number of ether oxygens (including phenoxy) is 2. The molecule has 1 unspecified atom stereocenters. The highest BCUT2D eigenvalue weighted by Gasteiger charge is 2.31. The summed E-state index contributed by atoms with van der Waals surface area (Å²) in [6, 6.07) is 20.1. The van der Waals surface area contributed by atoms with Gasteiger partial charge in [0, 0.05) is 31.3 Å². The van der Waals surface area contributed by atoms with Crippen LogP contribution in [-0.4, -0.2) is 76.4 Å². The first-order valence-corrected chi connectivity index (χ1v) is 14.9. The van der Waals surface area contributed by atoms with Crippen LogP contribution < -0.4 is 21.1 Å². The van der Waals surface area contributed by atoms with E-state index in [0.717, 1.165) is 24.1 Å². The van der Waals surface area contributed by atoms with Crippen molar-refractivity contribution >= 4 is 28.6 Å². The minimum Gasteiger partial charge on any atom is -0.457 e. The fourth-order valence-corrected chi connectivity index (χ4v) is 5.58. The van der Waals surface area contributed by atoms with E-state index in [-0.39, 0.29) is 11.7 Å². The Bertz CT molecular complexity index is 1980. The first-order chi connectivity index (χ1) is 22.1. The van der Waals surface area contributed by atoms with Crippen molar-refractivity contribution in [3.8, 4) is 22.9 Å². The largest absolute Gasteiger partial charge is 0.457 e. The highest BCUT2D eigenvalue weighted by Crippen LogP contribution is 2.27. The van der Waals surface area contributed by atoms with E-state index < -0.39 is 11.5 Å². The number of likely N-dealkylation sites (N-methyl/N-ethyl adjacent to an activating group) is 2. The molecule has 46 heavy (non-hydrogen) atoms. The van der Waals surface area contributed by atoms with Gasteiger partial charge in [-0.2, -0.15) is 0 Å². The molecule has 3 heterocycles. The molecule has 1 atom stereocenters. The van der Waals surface area contributed by atoms with E-state index in [1.165, 1.54) is 32.5 Å². The fourth-order valence-electron chi connectivity index (χ4n) is 5.58. The second-order valence-electron chi connectivity index (χ2n) is 11.7. The number of quaternary nitrogens is 1. The molecule has 0 aliphatic carbocycles. The molecule has 1 aliphatic heterocycles. The predicted octanol–water partition coefficient (Wildman–Crippen LogP) is 4.47. The Morgan fingerprint density at radius 2 is 1.85 bits per heavy atom. The molecule has 1 saturated heterocycles. The summed E-state index contributed by atoms with van der Waals surface area (Å²) in [4.78, 5) is 37.2. The molecule has 3 aromatic carbocycles. The second kappa shape index (κ2) is 12.6. The second-order valence-corrected chi connectivity index (χ2v) is 11.7. The minimum absolute atomic E-state index is 0.125. The number of carbonyl (C=O) groups excluding carboxylic acids is 1.